The average Bonchev–Trinajstić information content (AvgIpc) is 2.73. The van der Waals surface area contributed by atoms with Crippen molar-refractivity contribution >= 4 is 50.6 Å². The molecule has 0 saturated heterocycles. The molecule has 0 aliphatic carbocycles. The first-order valence-electron chi connectivity index (χ1n) is 8.69. The molecule has 29 heavy (non-hydrogen) atoms. The number of hydrogen-bond acceptors (Lipinski definition) is 4. The van der Waals surface area contributed by atoms with Crippen LogP contribution in [-0.2, 0) is 6.61 Å². The number of nitrogens with zero attached hydrogens (tertiary/aromatic N) is 1. The summed E-state index contributed by atoms with van der Waals surface area (Å²) in [5.74, 6) is 0.964. The molecule has 0 spiro atoms. The van der Waals surface area contributed by atoms with E-state index in [1.54, 1.807) is 31.5 Å². The highest BCUT2D eigenvalue weighted by atomic mass is 127. The Bertz CT molecular complexity index is 1020. The van der Waals surface area contributed by atoms with Crippen molar-refractivity contribution in [3.8, 4) is 11.5 Å². The van der Waals surface area contributed by atoms with Gasteiger partial charge in [-0.05, 0) is 82.2 Å². The molecule has 0 unspecified atom stereocenters. The molecule has 0 aromatic heterocycles. The van der Waals surface area contributed by atoms with Gasteiger partial charge in [0.05, 0.1) is 13.3 Å². The fourth-order valence-electron chi connectivity index (χ4n) is 2.49. The summed E-state index contributed by atoms with van der Waals surface area (Å²) in [6.07, 6.45) is 1.56. The molecular formula is C22H18BrIN2O3. The molecule has 0 bridgehead atoms. The zero-order valence-corrected chi connectivity index (χ0v) is 19.3. The Hall–Kier alpha value is -2.39. The summed E-state index contributed by atoms with van der Waals surface area (Å²) in [4.78, 5) is 12.1. The second-order valence-corrected chi connectivity index (χ2v) is 8.20. The molecule has 3 aromatic carbocycles. The van der Waals surface area contributed by atoms with Gasteiger partial charge in [-0.3, -0.25) is 4.79 Å². The molecule has 148 valence electrons. The van der Waals surface area contributed by atoms with Crippen LogP contribution in [0.15, 0.2) is 76.3 Å². The molecule has 0 fully saturated rings. The Morgan fingerprint density at radius 1 is 1.10 bits per heavy atom. The van der Waals surface area contributed by atoms with Gasteiger partial charge in [0, 0.05) is 13.6 Å². The molecule has 3 rings (SSSR count). The maximum absolute atomic E-state index is 12.1. The number of nitrogens with one attached hydrogen (secondary N) is 1. The van der Waals surface area contributed by atoms with Crippen LogP contribution in [0.5, 0.6) is 11.5 Å². The fourth-order valence-corrected chi connectivity index (χ4v) is 3.29. The van der Waals surface area contributed by atoms with E-state index in [1.807, 2.05) is 48.5 Å². The zero-order chi connectivity index (χ0) is 20.6. The lowest BCUT2D eigenvalue weighted by atomic mass is 10.2. The van der Waals surface area contributed by atoms with Crippen molar-refractivity contribution in [1.29, 1.82) is 0 Å². The molecular weight excluding hydrogens is 547 g/mol. The highest BCUT2D eigenvalue weighted by Gasteiger charge is 2.07. The van der Waals surface area contributed by atoms with Crippen molar-refractivity contribution in [2.45, 2.75) is 6.61 Å². The highest BCUT2D eigenvalue weighted by molar-refractivity contribution is 14.1. The van der Waals surface area contributed by atoms with Crippen LogP contribution < -0.4 is 14.9 Å². The number of hydrogen-bond donors (Lipinski definition) is 1. The molecule has 0 saturated carbocycles. The van der Waals surface area contributed by atoms with Gasteiger partial charge >= 0.3 is 0 Å². The van der Waals surface area contributed by atoms with E-state index in [0.29, 0.717) is 23.7 Å². The number of carbonyl (C=O) groups is 1. The lowest BCUT2D eigenvalue weighted by molar-refractivity contribution is 0.0955. The second-order valence-electron chi connectivity index (χ2n) is 6.03. The summed E-state index contributed by atoms with van der Waals surface area (Å²) in [6.45, 7) is 0.434. The fraction of sp³-hybridized carbons (Fsp3) is 0.0909. The third-order valence-electron chi connectivity index (χ3n) is 3.96. The number of rotatable bonds is 7. The third kappa shape index (κ3) is 6.30. The van der Waals surface area contributed by atoms with E-state index >= 15 is 0 Å². The first kappa shape index (κ1) is 21.3. The summed E-state index contributed by atoms with van der Waals surface area (Å²) in [5.41, 5.74) is 4.92. The van der Waals surface area contributed by atoms with Gasteiger partial charge in [-0.15, -0.1) is 0 Å². The number of benzene rings is 3. The normalized spacial score (nSPS) is 10.7. The minimum absolute atomic E-state index is 0.263. The Balaban J connectivity index is 1.62. The van der Waals surface area contributed by atoms with Gasteiger partial charge in [-0.1, -0.05) is 34.1 Å². The van der Waals surface area contributed by atoms with Gasteiger partial charge in [0.25, 0.3) is 5.91 Å². The predicted molar refractivity (Wildman–Crippen MR) is 126 cm³/mol. The summed E-state index contributed by atoms with van der Waals surface area (Å²) < 4.78 is 13.3. The lowest BCUT2D eigenvalue weighted by Crippen LogP contribution is -2.17. The van der Waals surface area contributed by atoms with Gasteiger partial charge in [-0.25, -0.2) is 5.43 Å². The molecule has 0 radical (unpaired) electrons. The Labute approximate surface area is 191 Å². The van der Waals surface area contributed by atoms with Gasteiger partial charge in [0.15, 0.2) is 11.5 Å². The van der Waals surface area contributed by atoms with Crippen LogP contribution in [-0.4, -0.2) is 19.2 Å². The van der Waals surface area contributed by atoms with Crippen LogP contribution in [0.1, 0.15) is 21.5 Å². The monoisotopic (exact) mass is 564 g/mol. The predicted octanol–water partition coefficient (Wildman–Crippen LogP) is 5.41. The van der Waals surface area contributed by atoms with Crippen molar-refractivity contribution in [2.24, 2.45) is 5.10 Å². The molecule has 0 atom stereocenters. The second kappa shape index (κ2) is 10.4. The highest BCUT2D eigenvalue weighted by Crippen LogP contribution is 2.28. The van der Waals surface area contributed by atoms with Gasteiger partial charge in [-0.2, -0.15) is 5.10 Å². The minimum Gasteiger partial charge on any atom is -0.493 e. The van der Waals surface area contributed by atoms with E-state index in [2.05, 4.69) is 49.0 Å². The summed E-state index contributed by atoms with van der Waals surface area (Å²) in [7, 11) is 1.58. The quantitative estimate of drug-likeness (QED) is 0.237. The molecule has 3 aromatic rings. The number of ether oxygens (including phenoxy) is 2. The van der Waals surface area contributed by atoms with Crippen molar-refractivity contribution in [1.82, 2.24) is 5.43 Å². The van der Waals surface area contributed by atoms with Crippen LogP contribution in [0.25, 0.3) is 0 Å². The van der Waals surface area contributed by atoms with Crippen LogP contribution in [0.2, 0.25) is 0 Å². The molecule has 0 aliphatic rings. The molecule has 0 heterocycles. The van der Waals surface area contributed by atoms with Gasteiger partial charge < -0.3 is 9.47 Å². The van der Waals surface area contributed by atoms with Crippen molar-refractivity contribution in [3.05, 3.63) is 91.5 Å². The maximum Gasteiger partial charge on any atom is 0.271 e. The Morgan fingerprint density at radius 3 is 2.62 bits per heavy atom. The first-order valence-corrected chi connectivity index (χ1v) is 10.6. The number of halogens is 2. The van der Waals surface area contributed by atoms with Gasteiger partial charge in [0.1, 0.15) is 6.61 Å². The first-order chi connectivity index (χ1) is 14.0. The summed E-state index contributed by atoms with van der Waals surface area (Å²) in [6, 6.07) is 20.7. The van der Waals surface area contributed by atoms with E-state index in [1.165, 1.54) is 0 Å². The van der Waals surface area contributed by atoms with E-state index in [4.69, 9.17) is 9.47 Å². The minimum atomic E-state index is -0.263. The number of hydrazone groups is 1. The lowest BCUT2D eigenvalue weighted by Gasteiger charge is -2.11. The van der Waals surface area contributed by atoms with Gasteiger partial charge in [0.2, 0.25) is 0 Å². The standard InChI is InChI=1S/C22H18BrIN2O3/c1-28-21-11-16(13-25-26-22(27)17-3-2-4-19(24)12-17)7-10-20(21)29-14-15-5-8-18(23)9-6-15/h2-13H,14H2,1H3,(H,26,27)/b25-13-. The summed E-state index contributed by atoms with van der Waals surface area (Å²) in [5, 5.41) is 4.03. The van der Waals surface area contributed by atoms with E-state index in [-0.39, 0.29) is 5.91 Å². The van der Waals surface area contributed by atoms with Crippen molar-refractivity contribution < 1.29 is 14.3 Å². The van der Waals surface area contributed by atoms with Crippen molar-refractivity contribution in [3.63, 3.8) is 0 Å². The molecule has 7 heteroatoms. The number of carbonyl (C=O) groups excluding carboxylic acids is 1. The molecule has 5 nitrogen and oxygen atoms in total. The van der Waals surface area contributed by atoms with E-state index < -0.39 is 0 Å². The molecule has 1 amide bonds. The Kier molecular flexibility index (Phi) is 7.65. The maximum atomic E-state index is 12.1. The van der Waals surface area contributed by atoms with Crippen LogP contribution in [0, 0.1) is 3.57 Å². The third-order valence-corrected chi connectivity index (χ3v) is 5.16. The zero-order valence-electron chi connectivity index (χ0n) is 15.6. The SMILES string of the molecule is COc1cc(/C=N\NC(=O)c2cccc(I)c2)ccc1OCc1ccc(Br)cc1. The molecule has 0 aliphatic heterocycles. The van der Waals surface area contributed by atoms with Crippen LogP contribution in [0.4, 0.5) is 0 Å². The molecule has 1 N–H and O–H groups in total. The van der Waals surface area contributed by atoms with Crippen LogP contribution >= 0.6 is 38.5 Å². The van der Waals surface area contributed by atoms with Crippen LogP contribution in [0.3, 0.4) is 0 Å². The summed E-state index contributed by atoms with van der Waals surface area (Å²) >= 11 is 5.58. The smallest absolute Gasteiger partial charge is 0.271 e. The Morgan fingerprint density at radius 2 is 1.90 bits per heavy atom. The van der Waals surface area contributed by atoms with E-state index in [9.17, 15) is 4.79 Å². The average molecular weight is 565 g/mol. The number of amides is 1. The largest absolute Gasteiger partial charge is 0.493 e. The number of methoxy groups -OCH3 is 1. The topological polar surface area (TPSA) is 59.9 Å². The van der Waals surface area contributed by atoms with Crippen molar-refractivity contribution in [2.75, 3.05) is 7.11 Å². The van der Waals surface area contributed by atoms with E-state index in [0.717, 1.165) is 19.2 Å².